The molecule has 23 heavy (non-hydrogen) atoms. The molecule has 0 fully saturated rings. The van der Waals surface area contributed by atoms with Gasteiger partial charge in [0.2, 0.25) is 5.75 Å². The molecule has 0 spiro atoms. The van der Waals surface area contributed by atoms with Crippen LogP contribution in [0.4, 0.5) is 0 Å². The number of methoxy groups -OCH3 is 3. The molecule has 7 heteroatoms. The Morgan fingerprint density at radius 2 is 1.83 bits per heavy atom. The van der Waals surface area contributed by atoms with Crippen LogP contribution in [0.25, 0.3) is 10.8 Å². The van der Waals surface area contributed by atoms with Gasteiger partial charge >= 0.3 is 5.97 Å². The number of aliphatic carboxylic acids is 1. The molecule has 0 amide bonds. The van der Waals surface area contributed by atoms with Gasteiger partial charge in [-0.25, -0.2) is 4.79 Å². The lowest BCUT2D eigenvalue weighted by atomic mass is 10.1. The number of aromatic nitrogens is 1. The first-order valence-electron chi connectivity index (χ1n) is 7.06. The first kappa shape index (κ1) is 16.7. The number of hydrogen-bond donors (Lipinski definition) is 1. The van der Waals surface area contributed by atoms with E-state index in [1.807, 2.05) is 0 Å². The number of carbonyl (C=O) groups is 1. The van der Waals surface area contributed by atoms with Crippen molar-refractivity contribution in [2.75, 3.05) is 21.3 Å². The van der Waals surface area contributed by atoms with Crippen LogP contribution in [0.3, 0.4) is 0 Å². The molecule has 0 radical (unpaired) electrons. The molecule has 7 nitrogen and oxygen atoms in total. The van der Waals surface area contributed by atoms with Crippen LogP contribution in [0.2, 0.25) is 0 Å². The molecular formula is C16H19NO6. The first-order valence-corrected chi connectivity index (χ1v) is 7.06. The van der Waals surface area contributed by atoms with Gasteiger partial charge in [0.15, 0.2) is 11.5 Å². The second-order valence-corrected chi connectivity index (χ2v) is 4.90. The van der Waals surface area contributed by atoms with Gasteiger partial charge in [-0.15, -0.1) is 0 Å². The molecule has 1 N–H and O–H groups in total. The molecule has 1 atom stereocenters. The summed E-state index contributed by atoms with van der Waals surface area (Å²) in [4.78, 5) is 24.1. The Hall–Kier alpha value is -2.70. The summed E-state index contributed by atoms with van der Waals surface area (Å²) < 4.78 is 17.1. The molecule has 0 aliphatic rings. The van der Waals surface area contributed by atoms with Crippen molar-refractivity contribution in [1.82, 2.24) is 4.57 Å². The Bertz CT molecular complexity index is 795. The molecule has 124 valence electrons. The first-order chi connectivity index (χ1) is 11.0. The Kier molecular flexibility index (Phi) is 4.78. The summed E-state index contributed by atoms with van der Waals surface area (Å²) in [6.45, 7) is 1.71. The van der Waals surface area contributed by atoms with Crippen LogP contribution in [0.15, 0.2) is 23.1 Å². The van der Waals surface area contributed by atoms with Gasteiger partial charge in [-0.1, -0.05) is 6.92 Å². The second-order valence-electron chi connectivity index (χ2n) is 4.90. The zero-order chi connectivity index (χ0) is 17.1. The van der Waals surface area contributed by atoms with Crippen molar-refractivity contribution in [3.63, 3.8) is 0 Å². The maximum Gasteiger partial charge on any atom is 0.326 e. The van der Waals surface area contributed by atoms with Gasteiger partial charge in [0.25, 0.3) is 5.56 Å². The normalized spacial score (nSPS) is 12.0. The molecule has 0 aliphatic carbocycles. The molecule has 0 saturated carbocycles. The van der Waals surface area contributed by atoms with Crippen molar-refractivity contribution in [1.29, 1.82) is 0 Å². The number of rotatable bonds is 6. The molecule has 1 heterocycles. The molecule has 2 rings (SSSR count). The van der Waals surface area contributed by atoms with E-state index in [0.29, 0.717) is 34.4 Å². The maximum absolute atomic E-state index is 12.7. The van der Waals surface area contributed by atoms with Gasteiger partial charge in [0.05, 0.1) is 26.7 Å². The topological polar surface area (TPSA) is 87.0 Å². The molecule has 0 bridgehead atoms. The Morgan fingerprint density at radius 3 is 2.30 bits per heavy atom. The van der Waals surface area contributed by atoms with Crippen molar-refractivity contribution in [2.45, 2.75) is 19.4 Å². The molecular weight excluding hydrogens is 302 g/mol. The van der Waals surface area contributed by atoms with E-state index in [4.69, 9.17) is 14.2 Å². The van der Waals surface area contributed by atoms with Crippen molar-refractivity contribution in [3.8, 4) is 17.2 Å². The maximum atomic E-state index is 12.7. The minimum Gasteiger partial charge on any atom is -0.493 e. The van der Waals surface area contributed by atoms with Crippen LogP contribution < -0.4 is 19.8 Å². The number of carboxylic acid groups (broad SMARTS) is 1. The van der Waals surface area contributed by atoms with Gasteiger partial charge in [-0.2, -0.15) is 0 Å². The van der Waals surface area contributed by atoms with Crippen LogP contribution in [-0.4, -0.2) is 37.0 Å². The summed E-state index contributed by atoms with van der Waals surface area (Å²) in [6.07, 6.45) is 1.76. The summed E-state index contributed by atoms with van der Waals surface area (Å²) in [5.41, 5.74) is -0.420. The third-order valence-corrected chi connectivity index (χ3v) is 3.74. The number of nitrogens with zero attached hydrogens (tertiary/aromatic N) is 1. The monoisotopic (exact) mass is 321 g/mol. The van der Waals surface area contributed by atoms with Crippen LogP contribution in [-0.2, 0) is 4.79 Å². The van der Waals surface area contributed by atoms with Crippen molar-refractivity contribution in [2.24, 2.45) is 0 Å². The van der Waals surface area contributed by atoms with E-state index in [1.54, 1.807) is 13.0 Å². The van der Waals surface area contributed by atoms with Gasteiger partial charge in [0, 0.05) is 11.6 Å². The van der Waals surface area contributed by atoms with Crippen molar-refractivity contribution >= 4 is 16.7 Å². The van der Waals surface area contributed by atoms with E-state index in [9.17, 15) is 14.7 Å². The largest absolute Gasteiger partial charge is 0.493 e. The molecule has 0 aliphatic heterocycles. The Morgan fingerprint density at radius 1 is 1.17 bits per heavy atom. The number of fused-ring (bicyclic) bond motifs is 1. The fourth-order valence-corrected chi connectivity index (χ4v) is 2.62. The highest BCUT2D eigenvalue weighted by atomic mass is 16.5. The fraction of sp³-hybridized carbons (Fsp3) is 0.375. The molecule has 1 aromatic heterocycles. The summed E-state index contributed by atoms with van der Waals surface area (Å²) >= 11 is 0. The molecule has 1 unspecified atom stereocenters. The van der Waals surface area contributed by atoms with Crippen LogP contribution in [0, 0.1) is 0 Å². The third-order valence-electron chi connectivity index (χ3n) is 3.74. The van der Waals surface area contributed by atoms with E-state index in [2.05, 4.69) is 0 Å². The minimum atomic E-state index is -1.05. The highest BCUT2D eigenvalue weighted by molar-refractivity contribution is 5.92. The SMILES string of the molecule is CCC(C(=O)O)n1ccc2c(OC)c(OC)c(OC)cc2c1=O. The van der Waals surface area contributed by atoms with Gasteiger partial charge in [-0.3, -0.25) is 4.79 Å². The summed E-state index contributed by atoms with van der Waals surface area (Å²) in [5, 5.41) is 10.1. The van der Waals surface area contributed by atoms with Gasteiger partial charge in [-0.05, 0) is 18.6 Å². The zero-order valence-electron chi connectivity index (χ0n) is 13.5. The van der Waals surface area contributed by atoms with E-state index in [1.165, 1.54) is 38.2 Å². The Labute approximate surface area is 133 Å². The predicted molar refractivity (Wildman–Crippen MR) is 84.8 cm³/mol. The van der Waals surface area contributed by atoms with E-state index >= 15 is 0 Å². The minimum absolute atomic E-state index is 0.297. The lowest BCUT2D eigenvalue weighted by Crippen LogP contribution is -2.29. The average Bonchev–Trinajstić information content (AvgIpc) is 2.55. The average molecular weight is 321 g/mol. The number of pyridine rings is 1. The highest BCUT2D eigenvalue weighted by Gasteiger charge is 2.22. The van der Waals surface area contributed by atoms with Crippen LogP contribution >= 0.6 is 0 Å². The smallest absolute Gasteiger partial charge is 0.326 e. The fourth-order valence-electron chi connectivity index (χ4n) is 2.62. The predicted octanol–water partition coefficient (Wildman–Crippen LogP) is 2.06. The van der Waals surface area contributed by atoms with Crippen LogP contribution in [0.1, 0.15) is 19.4 Å². The van der Waals surface area contributed by atoms with E-state index in [-0.39, 0.29) is 0 Å². The van der Waals surface area contributed by atoms with Gasteiger partial charge in [0.1, 0.15) is 6.04 Å². The van der Waals surface area contributed by atoms with Gasteiger partial charge < -0.3 is 23.9 Å². The summed E-state index contributed by atoms with van der Waals surface area (Å²) in [6, 6.07) is 2.25. The Balaban J connectivity index is 2.85. The molecule has 0 saturated heterocycles. The molecule has 1 aromatic carbocycles. The standard InChI is InChI=1S/C16H19NO6/c1-5-11(16(19)20)17-7-6-9-10(15(17)18)8-12(21-2)14(23-4)13(9)22-3/h6-8,11H,5H2,1-4H3,(H,19,20). The summed E-state index contributed by atoms with van der Waals surface area (Å²) in [5.74, 6) is 0.0378. The number of hydrogen-bond acceptors (Lipinski definition) is 5. The lowest BCUT2D eigenvalue weighted by Gasteiger charge is -2.17. The van der Waals surface area contributed by atoms with E-state index < -0.39 is 17.6 Å². The number of carboxylic acids is 1. The molecule has 2 aromatic rings. The quantitative estimate of drug-likeness (QED) is 0.876. The van der Waals surface area contributed by atoms with Crippen molar-refractivity contribution in [3.05, 3.63) is 28.7 Å². The van der Waals surface area contributed by atoms with Crippen molar-refractivity contribution < 1.29 is 24.1 Å². The number of ether oxygens (including phenoxy) is 3. The number of benzene rings is 1. The second kappa shape index (κ2) is 6.60. The summed E-state index contributed by atoms with van der Waals surface area (Å²) in [7, 11) is 4.40. The van der Waals surface area contributed by atoms with Crippen LogP contribution in [0.5, 0.6) is 17.2 Å². The zero-order valence-corrected chi connectivity index (χ0v) is 13.5. The highest BCUT2D eigenvalue weighted by Crippen LogP contribution is 2.42. The third kappa shape index (κ3) is 2.69. The lowest BCUT2D eigenvalue weighted by molar-refractivity contribution is -0.141. The van der Waals surface area contributed by atoms with E-state index in [0.717, 1.165) is 0 Å².